The van der Waals surface area contributed by atoms with Crippen molar-refractivity contribution in [2.75, 3.05) is 12.3 Å². The second-order valence-electron chi connectivity index (χ2n) is 4.44. The van der Waals surface area contributed by atoms with Gasteiger partial charge in [-0.25, -0.2) is 0 Å². The van der Waals surface area contributed by atoms with Crippen LogP contribution in [0.5, 0.6) is 5.75 Å². The lowest BCUT2D eigenvalue weighted by Gasteiger charge is -2.06. The Morgan fingerprint density at radius 2 is 2.30 bits per heavy atom. The molecule has 0 saturated carbocycles. The first-order chi connectivity index (χ1) is 9.52. The van der Waals surface area contributed by atoms with Gasteiger partial charge in [-0.15, -0.1) is 0 Å². The highest BCUT2D eigenvalue weighted by Crippen LogP contribution is 2.14. The zero-order chi connectivity index (χ0) is 15.0. The molecule has 0 atom stereocenters. The van der Waals surface area contributed by atoms with E-state index in [1.165, 1.54) is 18.2 Å². The molecule has 0 spiro atoms. The summed E-state index contributed by atoms with van der Waals surface area (Å²) in [7, 11) is 0. The van der Waals surface area contributed by atoms with Gasteiger partial charge in [-0.05, 0) is 29.0 Å². The van der Waals surface area contributed by atoms with Crippen LogP contribution in [0.15, 0.2) is 29.8 Å². The summed E-state index contributed by atoms with van der Waals surface area (Å²) in [6.45, 7) is 4.71. The van der Waals surface area contributed by atoms with Gasteiger partial charge < -0.3 is 10.4 Å². The standard InChI is InChI=1S/C15H18N2O2S/c1-11(2)20-7-6-17-15(19)13(10-16)8-12-4-3-5-14(18)9-12/h3-5,8-9,11,18H,6-7H2,1-2H3,(H,17,19)/b13-8+. The average molecular weight is 290 g/mol. The fourth-order valence-electron chi connectivity index (χ4n) is 1.48. The summed E-state index contributed by atoms with van der Waals surface area (Å²) in [5.41, 5.74) is 0.651. The van der Waals surface area contributed by atoms with Crippen LogP contribution >= 0.6 is 11.8 Å². The van der Waals surface area contributed by atoms with E-state index >= 15 is 0 Å². The van der Waals surface area contributed by atoms with Crippen molar-refractivity contribution in [2.45, 2.75) is 19.1 Å². The molecule has 106 valence electrons. The minimum atomic E-state index is -0.389. The van der Waals surface area contributed by atoms with Gasteiger partial charge in [0.25, 0.3) is 5.91 Å². The van der Waals surface area contributed by atoms with E-state index in [2.05, 4.69) is 19.2 Å². The van der Waals surface area contributed by atoms with Gasteiger partial charge in [0.1, 0.15) is 17.4 Å². The largest absolute Gasteiger partial charge is 0.508 e. The van der Waals surface area contributed by atoms with Gasteiger partial charge in [-0.1, -0.05) is 26.0 Å². The van der Waals surface area contributed by atoms with E-state index < -0.39 is 0 Å². The first-order valence-electron chi connectivity index (χ1n) is 6.33. The number of amides is 1. The van der Waals surface area contributed by atoms with Crippen LogP contribution in [0.2, 0.25) is 0 Å². The van der Waals surface area contributed by atoms with Gasteiger partial charge in [0.2, 0.25) is 0 Å². The van der Waals surface area contributed by atoms with E-state index in [0.717, 1.165) is 5.75 Å². The molecule has 0 fully saturated rings. The third-order valence-electron chi connectivity index (χ3n) is 2.39. The van der Waals surface area contributed by atoms with E-state index in [0.29, 0.717) is 17.4 Å². The molecule has 4 nitrogen and oxygen atoms in total. The van der Waals surface area contributed by atoms with Crippen LogP contribution in [0.25, 0.3) is 6.08 Å². The van der Waals surface area contributed by atoms with Gasteiger partial charge in [0.05, 0.1) is 0 Å². The van der Waals surface area contributed by atoms with Crippen molar-refractivity contribution in [2.24, 2.45) is 0 Å². The van der Waals surface area contributed by atoms with Gasteiger partial charge in [-0.3, -0.25) is 4.79 Å². The topological polar surface area (TPSA) is 73.1 Å². The highest BCUT2D eigenvalue weighted by Gasteiger charge is 2.08. The van der Waals surface area contributed by atoms with Crippen molar-refractivity contribution in [1.82, 2.24) is 5.32 Å². The van der Waals surface area contributed by atoms with E-state index in [1.807, 2.05) is 6.07 Å². The Bertz CT molecular complexity index is 533. The molecule has 2 N–H and O–H groups in total. The number of hydrogen-bond acceptors (Lipinski definition) is 4. The zero-order valence-electron chi connectivity index (χ0n) is 11.6. The predicted octanol–water partition coefficient (Wildman–Crippen LogP) is 2.56. The molecular formula is C15H18N2O2S. The number of nitrogens with one attached hydrogen (secondary N) is 1. The fraction of sp³-hybridized carbons (Fsp3) is 0.333. The maximum Gasteiger partial charge on any atom is 0.261 e. The third kappa shape index (κ3) is 5.81. The molecule has 1 aromatic carbocycles. The molecule has 1 rings (SSSR count). The summed E-state index contributed by atoms with van der Waals surface area (Å²) < 4.78 is 0. The number of benzene rings is 1. The summed E-state index contributed by atoms with van der Waals surface area (Å²) in [6.07, 6.45) is 1.46. The number of aromatic hydroxyl groups is 1. The molecule has 0 bridgehead atoms. The molecule has 0 heterocycles. The second kappa shape index (κ2) is 8.28. The smallest absolute Gasteiger partial charge is 0.261 e. The summed E-state index contributed by atoms with van der Waals surface area (Å²) >= 11 is 1.75. The highest BCUT2D eigenvalue weighted by atomic mass is 32.2. The van der Waals surface area contributed by atoms with Crippen LogP contribution in [0.1, 0.15) is 19.4 Å². The number of phenols is 1. The van der Waals surface area contributed by atoms with Crippen molar-refractivity contribution in [1.29, 1.82) is 5.26 Å². The molecule has 20 heavy (non-hydrogen) atoms. The minimum absolute atomic E-state index is 0.0325. The number of carbonyl (C=O) groups excluding carboxylic acids is 1. The molecule has 0 aliphatic carbocycles. The molecule has 0 radical (unpaired) electrons. The lowest BCUT2D eigenvalue weighted by molar-refractivity contribution is -0.116. The third-order valence-corrected chi connectivity index (χ3v) is 3.49. The predicted molar refractivity (Wildman–Crippen MR) is 82.3 cm³/mol. The van der Waals surface area contributed by atoms with Crippen molar-refractivity contribution in [3.05, 3.63) is 35.4 Å². The Morgan fingerprint density at radius 3 is 2.90 bits per heavy atom. The van der Waals surface area contributed by atoms with Gasteiger partial charge >= 0.3 is 0 Å². The van der Waals surface area contributed by atoms with Crippen LogP contribution in [0.4, 0.5) is 0 Å². The lowest BCUT2D eigenvalue weighted by Crippen LogP contribution is -2.27. The number of carbonyl (C=O) groups is 1. The fourth-order valence-corrected chi connectivity index (χ4v) is 2.18. The van der Waals surface area contributed by atoms with Gasteiger partial charge in [-0.2, -0.15) is 17.0 Å². The van der Waals surface area contributed by atoms with E-state index in [9.17, 15) is 9.90 Å². The molecule has 0 aliphatic rings. The van der Waals surface area contributed by atoms with Crippen molar-refractivity contribution < 1.29 is 9.90 Å². The zero-order valence-corrected chi connectivity index (χ0v) is 12.4. The monoisotopic (exact) mass is 290 g/mol. The van der Waals surface area contributed by atoms with Crippen LogP contribution in [-0.2, 0) is 4.79 Å². The lowest BCUT2D eigenvalue weighted by atomic mass is 10.1. The number of rotatable bonds is 6. The normalized spacial score (nSPS) is 11.2. The Morgan fingerprint density at radius 1 is 1.55 bits per heavy atom. The van der Waals surface area contributed by atoms with Crippen LogP contribution in [-0.4, -0.2) is 28.6 Å². The highest BCUT2D eigenvalue weighted by molar-refractivity contribution is 7.99. The molecule has 0 aliphatic heterocycles. The minimum Gasteiger partial charge on any atom is -0.508 e. The first kappa shape index (κ1) is 16.1. The number of nitriles is 1. The number of nitrogens with zero attached hydrogens (tertiary/aromatic N) is 1. The molecule has 1 aromatic rings. The van der Waals surface area contributed by atoms with Crippen LogP contribution in [0.3, 0.4) is 0 Å². The number of hydrogen-bond donors (Lipinski definition) is 2. The molecule has 0 unspecified atom stereocenters. The molecule has 0 saturated heterocycles. The summed E-state index contributed by atoms with van der Waals surface area (Å²) in [4.78, 5) is 11.8. The Labute approximate surface area is 123 Å². The molecular weight excluding hydrogens is 272 g/mol. The molecule has 5 heteroatoms. The van der Waals surface area contributed by atoms with Gasteiger partial charge in [0.15, 0.2) is 0 Å². The number of thioether (sulfide) groups is 1. The SMILES string of the molecule is CC(C)SCCNC(=O)/C(C#N)=C/c1cccc(O)c1. The van der Waals surface area contributed by atoms with Gasteiger partial charge in [0, 0.05) is 12.3 Å². The van der Waals surface area contributed by atoms with E-state index in [4.69, 9.17) is 5.26 Å². The van der Waals surface area contributed by atoms with Crippen molar-refractivity contribution in [3.63, 3.8) is 0 Å². The average Bonchev–Trinajstić information content (AvgIpc) is 2.40. The summed E-state index contributed by atoms with van der Waals surface area (Å²) in [5.74, 6) is 0.527. The Balaban J connectivity index is 2.62. The maximum atomic E-state index is 11.8. The first-order valence-corrected chi connectivity index (χ1v) is 7.38. The van der Waals surface area contributed by atoms with E-state index in [1.54, 1.807) is 23.9 Å². The Hall–Kier alpha value is -1.93. The second-order valence-corrected chi connectivity index (χ2v) is 6.12. The van der Waals surface area contributed by atoms with Crippen LogP contribution in [0, 0.1) is 11.3 Å². The summed E-state index contributed by atoms with van der Waals surface area (Å²) in [6, 6.07) is 8.29. The van der Waals surface area contributed by atoms with E-state index in [-0.39, 0.29) is 17.2 Å². The number of phenolic OH excluding ortho intramolecular Hbond substituents is 1. The Kier molecular flexibility index (Phi) is 6.68. The maximum absolute atomic E-state index is 11.8. The summed E-state index contributed by atoms with van der Waals surface area (Å²) in [5, 5.41) is 21.6. The molecule has 1 amide bonds. The van der Waals surface area contributed by atoms with Crippen LogP contribution < -0.4 is 5.32 Å². The quantitative estimate of drug-likeness (QED) is 0.480. The van der Waals surface area contributed by atoms with Crippen molar-refractivity contribution in [3.8, 4) is 11.8 Å². The molecule has 0 aromatic heterocycles. The van der Waals surface area contributed by atoms with Crippen molar-refractivity contribution >= 4 is 23.7 Å².